The average Bonchev–Trinajstić information content (AvgIpc) is 2.75. The Kier molecular flexibility index (Phi) is 7.50. The van der Waals surface area contributed by atoms with Gasteiger partial charge in [-0.25, -0.2) is 14.8 Å². The van der Waals surface area contributed by atoms with Crippen molar-refractivity contribution in [2.24, 2.45) is 0 Å². The number of benzene rings is 1. The standard InChI is InChI=1S/C20H26N6O4/c1-2-30-20(27)15-7-6-8-16(13-15)24-19-17(26(28)29)18(22-14-23-19)21-9-12-25-10-4-3-5-11-25/h6-8,13-14H,2-5,9-12H2,1H3,(H2,21,22,23,24). The molecule has 1 aromatic carbocycles. The first kappa shape index (κ1) is 21.4. The third-order valence-electron chi connectivity index (χ3n) is 4.81. The van der Waals surface area contributed by atoms with Gasteiger partial charge in [-0.1, -0.05) is 12.5 Å². The molecule has 3 rings (SSSR count). The van der Waals surface area contributed by atoms with E-state index < -0.39 is 10.9 Å². The number of anilines is 3. The van der Waals surface area contributed by atoms with Crippen LogP contribution >= 0.6 is 0 Å². The van der Waals surface area contributed by atoms with Crippen LogP contribution in [0.15, 0.2) is 30.6 Å². The molecule has 30 heavy (non-hydrogen) atoms. The average molecular weight is 414 g/mol. The number of nitrogens with one attached hydrogen (secondary N) is 2. The van der Waals surface area contributed by atoms with E-state index in [-0.39, 0.29) is 23.9 Å². The van der Waals surface area contributed by atoms with E-state index in [1.807, 2.05) is 0 Å². The van der Waals surface area contributed by atoms with Crippen LogP contribution < -0.4 is 10.6 Å². The van der Waals surface area contributed by atoms with Gasteiger partial charge < -0.3 is 20.3 Å². The van der Waals surface area contributed by atoms with Crippen LogP contribution in [0.5, 0.6) is 0 Å². The summed E-state index contributed by atoms with van der Waals surface area (Å²) in [7, 11) is 0. The molecule has 0 atom stereocenters. The van der Waals surface area contributed by atoms with Crippen LogP contribution in [0.2, 0.25) is 0 Å². The summed E-state index contributed by atoms with van der Waals surface area (Å²) in [4.78, 5) is 33.6. The number of hydrogen-bond donors (Lipinski definition) is 2. The van der Waals surface area contributed by atoms with E-state index >= 15 is 0 Å². The minimum atomic E-state index is -0.513. The molecule has 2 N–H and O–H groups in total. The number of rotatable bonds is 9. The first-order valence-electron chi connectivity index (χ1n) is 10.1. The molecule has 0 aliphatic carbocycles. The number of hydrogen-bond acceptors (Lipinski definition) is 9. The number of ether oxygens (including phenoxy) is 1. The SMILES string of the molecule is CCOC(=O)c1cccc(Nc2ncnc(NCCN3CCCCC3)c2[N+](=O)[O-])c1. The van der Waals surface area contributed by atoms with Crippen molar-refractivity contribution in [1.29, 1.82) is 0 Å². The molecule has 0 radical (unpaired) electrons. The van der Waals surface area contributed by atoms with Crippen LogP contribution in [0.25, 0.3) is 0 Å². The Balaban J connectivity index is 1.73. The van der Waals surface area contributed by atoms with E-state index in [4.69, 9.17) is 4.74 Å². The van der Waals surface area contributed by atoms with Crippen molar-refractivity contribution in [2.75, 3.05) is 43.4 Å². The number of carbonyl (C=O) groups excluding carboxylic acids is 1. The highest BCUT2D eigenvalue weighted by atomic mass is 16.6. The first-order valence-corrected chi connectivity index (χ1v) is 10.1. The Labute approximate surface area is 174 Å². The number of carbonyl (C=O) groups is 1. The molecule has 1 aromatic heterocycles. The zero-order chi connectivity index (χ0) is 21.3. The molecule has 160 valence electrons. The van der Waals surface area contributed by atoms with Gasteiger partial charge in [0, 0.05) is 18.8 Å². The van der Waals surface area contributed by atoms with Crippen molar-refractivity contribution >= 4 is 29.0 Å². The number of piperidine rings is 1. The lowest BCUT2D eigenvalue weighted by molar-refractivity contribution is -0.383. The van der Waals surface area contributed by atoms with E-state index in [1.165, 1.54) is 25.6 Å². The maximum atomic E-state index is 11.9. The van der Waals surface area contributed by atoms with Crippen LogP contribution in [-0.2, 0) is 4.74 Å². The molecule has 1 aliphatic heterocycles. The van der Waals surface area contributed by atoms with Crippen molar-refractivity contribution in [1.82, 2.24) is 14.9 Å². The lowest BCUT2D eigenvalue weighted by atomic mass is 10.1. The molecule has 0 amide bonds. The van der Waals surface area contributed by atoms with Gasteiger partial charge in [0.25, 0.3) is 0 Å². The van der Waals surface area contributed by atoms with E-state index in [9.17, 15) is 14.9 Å². The molecule has 0 saturated carbocycles. The molecule has 10 nitrogen and oxygen atoms in total. The molecule has 1 fully saturated rings. The molecule has 0 spiro atoms. The van der Waals surface area contributed by atoms with Gasteiger partial charge >= 0.3 is 11.7 Å². The van der Waals surface area contributed by atoms with Gasteiger partial charge in [0.05, 0.1) is 17.1 Å². The minimum Gasteiger partial charge on any atom is -0.462 e. The fraction of sp³-hybridized carbons (Fsp3) is 0.450. The van der Waals surface area contributed by atoms with Crippen molar-refractivity contribution in [2.45, 2.75) is 26.2 Å². The second kappa shape index (κ2) is 10.5. The first-order chi connectivity index (χ1) is 14.6. The van der Waals surface area contributed by atoms with E-state index in [1.54, 1.807) is 31.2 Å². The fourth-order valence-corrected chi connectivity index (χ4v) is 3.36. The van der Waals surface area contributed by atoms with Gasteiger partial charge in [-0.15, -0.1) is 0 Å². The van der Waals surface area contributed by atoms with Crippen LogP contribution in [0.4, 0.5) is 23.0 Å². The summed E-state index contributed by atoms with van der Waals surface area (Å²) in [6.45, 7) is 5.44. The van der Waals surface area contributed by atoms with E-state index in [0.717, 1.165) is 19.6 Å². The molecule has 2 aromatic rings. The Hall–Kier alpha value is -3.27. The lowest BCUT2D eigenvalue weighted by Crippen LogP contribution is -2.33. The van der Waals surface area contributed by atoms with E-state index in [2.05, 4.69) is 25.5 Å². The molecule has 1 saturated heterocycles. The Morgan fingerprint density at radius 2 is 2.00 bits per heavy atom. The zero-order valence-electron chi connectivity index (χ0n) is 17.0. The largest absolute Gasteiger partial charge is 0.462 e. The van der Waals surface area contributed by atoms with Gasteiger partial charge in [0.15, 0.2) is 0 Å². The van der Waals surface area contributed by atoms with Crippen molar-refractivity contribution in [3.63, 3.8) is 0 Å². The summed E-state index contributed by atoms with van der Waals surface area (Å²) in [5.74, 6) is -0.244. The van der Waals surface area contributed by atoms with Crippen LogP contribution in [0, 0.1) is 10.1 Å². The van der Waals surface area contributed by atoms with Crippen LogP contribution in [-0.4, -0.2) is 58.5 Å². The highest BCUT2D eigenvalue weighted by Crippen LogP contribution is 2.31. The summed E-state index contributed by atoms with van der Waals surface area (Å²) in [5.41, 5.74) is 0.595. The summed E-state index contributed by atoms with van der Waals surface area (Å²) in [6, 6.07) is 6.54. The highest BCUT2D eigenvalue weighted by molar-refractivity contribution is 5.91. The van der Waals surface area contributed by atoms with Crippen LogP contribution in [0.1, 0.15) is 36.5 Å². The number of nitro groups is 1. The normalized spacial score (nSPS) is 14.2. The molecule has 0 unspecified atom stereocenters. The van der Waals surface area contributed by atoms with Gasteiger partial charge in [-0.3, -0.25) is 10.1 Å². The quantitative estimate of drug-likeness (QED) is 0.362. The number of esters is 1. The second-order valence-corrected chi connectivity index (χ2v) is 6.93. The highest BCUT2D eigenvalue weighted by Gasteiger charge is 2.23. The molecule has 0 bridgehead atoms. The topological polar surface area (TPSA) is 123 Å². The van der Waals surface area contributed by atoms with Crippen molar-refractivity contribution in [3.8, 4) is 0 Å². The molecular weight excluding hydrogens is 388 g/mol. The maximum absolute atomic E-state index is 11.9. The summed E-state index contributed by atoms with van der Waals surface area (Å²) < 4.78 is 4.99. The van der Waals surface area contributed by atoms with Gasteiger partial charge in [0.2, 0.25) is 11.6 Å². The predicted octanol–water partition coefficient (Wildman–Crippen LogP) is 3.20. The Morgan fingerprint density at radius 3 is 2.73 bits per heavy atom. The van der Waals surface area contributed by atoms with Gasteiger partial charge in [-0.05, 0) is 51.1 Å². The zero-order valence-corrected chi connectivity index (χ0v) is 17.0. The summed E-state index contributed by atoms with van der Waals surface area (Å²) in [5, 5.41) is 17.7. The third-order valence-corrected chi connectivity index (χ3v) is 4.81. The third kappa shape index (κ3) is 5.63. The molecule has 2 heterocycles. The van der Waals surface area contributed by atoms with Gasteiger partial charge in [-0.2, -0.15) is 0 Å². The predicted molar refractivity (Wildman–Crippen MR) is 113 cm³/mol. The smallest absolute Gasteiger partial charge is 0.353 e. The second-order valence-electron chi connectivity index (χ2n) is 6.93. The number of nitrogens with zero attached hydrogens (tertiary/aromatic N) is 4. The lowest BCUT2D eigenvalue weighted by Gasteiger charge is -2.26. The fourth-order valence-electron chi connectivity index (χ4n) is 3.36. The monoisotopic (exact) mass is 414 g/mol. The molecule has 10 heteroatoms. The Bertz CT molecular complexity index is 885. The van der Waals surface area contributed by atoms with Crippen LogP contribution in [0.3, 0.4) is 0 Å². The molecular formula is C20H26N6O4. The van der Waals surface area contributed by atoms with Gasteiger partial charge in [0.1, 0.15) is 6.33 Å². The number of aromatic nitrogens is 2. The maximum Gasteiger partial charge on any atom is 0.353 e. The molecule has 1 aliphatic rings. The minimum absolute atomic E-state index is 0.0523. The van der Waals surface area contributed by atoms with Crippen molar-refractivity contribution in [3.05, 3.63) is 46.3 Å². The number of likely N-dealkylation sites (tertiary alicyclic amines) is 1. The summed E-state index contributed by atoms with van der Waals surface area (Å²) in [6.07, 6.45) is 4.90. The van der Waals surface area contributed by atoms with E-state index in [0.29, 0.717) is 17.8 Å². The Morgan fingerprint density at radius 1 is 1.23 bits per heavy atom. The van der Waals surface area contributed by atoms with Crippen molar-refractivity contribution < 1.29 is 14.5 Å². The summed E-state index contributed by atoms with van der Waals surface area (Å²) >= 11 is 0.